The first-order valence-electron chi connectivity index (χ1n) is 8.08. The molecule has 1 aromatic heterocycles. The van der Waals surface area contributed by atoms with E-state index in [4.69, 9.17) is 4.74 Å². The number of hydrogen-bond donors (Lipinski definition) is 2. The maximum atomic E-state index is 11.8. The van der Waals surface area contributed by atoms with Crippen LogP contribution in [-0.4, -0.2) is 29.8 Å². The smallest absolute Gasteiger partial charge is 0.407 e. The van der Waals surface area contributed by atoms with Crippen LogP contribution in [0.3, 0.4) is 0 Å². The Hall–Kier alpha value is -1.07. The number of carbonyl (C=O) groups is 1. The third-order valence-corrected chi connectivity index (χ3v) is 4.53. The van der Waals surface area contributed by atoms with Gasteiger partial charge < -0.3 is 15.4 Å². The predicted molar refractivity (Wildman–Crippen MR) is 91.4 cm³/mol. The topological polar surface area (TPSA) is 50.4 Å². The highest BCUT2D eigenvalue weighted by molar-refractivity contribution is 7.07. The van der Waals surface area contributed by atoms with Gasteiger partial charge in [0, 0.05) is 18.1 Å². The summed E-state index contributed by atoms with van der Waals surface area (Å²) in [6.07, 6.45) is 3.86. The minimum absolute atomic E-state index is 0.223. The molecule has 22 heavy (non-hydrogen) atoms. The molecule has 2 N–H and O–H groups in total. The number of hydrogen-bond acceptors (Lipinski definition) is 4. The van der Waals surface area contributed by atoms with Gasteiger partial charge in [-0.1, -0.05) is 0 Å². The Morgan fingerprint density at radius 2 is 2.14 bits per heavy atom. The zero-order chi connectivity index (χ0) is 16.2. The second-order valence-electron chi connectivity index (χ2n) is 7.26. The van der Waals surface area contributed by atoms with Crippen molar-refractivity contribution in [3.63, 3.8) is 0 Å². The minimum Gasteiger partial charge on any atom is -0.444 e. The van der Waals surface area contributed by atoms with Crippen molar-refractivity contribution in [2.45, 2.75) is 77.1 Å². The first-order chi connectivity index (χ1) is 10.3. The van der Waals surface area contributed by atoms with E-state index < -0.39 is 5.60 Å². The highest BCUT2D eigenvalue weighted by Gasteiger charge is 2.28. The van der Waals surface area contributed by atoms with E-state index >= 15 is 0 Å². The summed E-state index contributed by atoms with van der Waals surface area (Å²) in [5, 5.41) is 11.0. The predicted octanol–water partition coefficient (Wildman–Crippen LogP) is 3.71. The maximum Gasteiger partial charge on any atom is 0.407 e. The monoisotopic (exact) mass is 324 g/mol. The van der Waals surface area contributed by atoms with E-state index in [1.165, 1.54) is 5.56 Å². The van der Waals surface area contributed by atoms with Gasteiger partial charge in [0.15, 0.2) is 0 Å². The lowest BCUT2D eigenvalue weighted by Crippen LogP contribution is -2.40. The summed E-state index contributed by atoms with van der Waals surface area (Å²) in [6.45, 7) is 7.89. The average molecular weight is 324 g/mol. The summed E-state index contributed by atoms with van der Waals surface area (Å²) in [5.74, 6) is 0. The van der Waals surface area contributed by atoms with Crippen LogP contribution in [0.4, 0.5) is 4.79 Å². The lowest BCUT2D eigenvalue weighted by molar-refractivity contribution is 0.0505. The fraction of sp³-hybridized carbons (Fsp3) is 0.706. The van der Waals surface area contributed by atoms with Crippen molar-refractivity contribution in [1.29, 1.82) is 0 Å². The molecule has 124 valence electrons. The van der Waals surface area contributed by atoms with E-state index in [0.29, 0.717) is 12.1 Å². The molecule has 1 amide bonds. The van der Waals surface area contributed by atoms with Crippen LogP contribution in [0, 0.1) is 0 Å². The van der Waals surface area contributed by atoms with Crippen LogP contribution in [0.15, 0.2) is 16.8 Å². The standard InChI is InChI=1S/C17H28N2O2S/c1-12(9-13-7-8-22-11-13)18-14-5-6-15(10-14)19-16(20)21-17(2,3)4/h7-8,11-12,14-15,18H,5-6,9-10H2,1-4H3,(H,19,20). The lowest BCUT2D eigenvalue weighted by Gasteiger charge is -2.22. The molecule has 5 heteroatoms. The van der Waals surface area contributed by atoms with Gasteiger partial charge in [-0.2, -0.15) is 11.3 Å². The number of carbonyl (C=O) groups excluding carboxylic acids is 1. The van der Waals surface area contributed by atoms with Crippen LogP contribution in [-0.2, 0) is 11.2 Å². The maximum absolute atomic E-state index is 11.8. The molecule has 1 aliphatic carbocycles. The van der Waals surface area contributed by atoms with Crippen LogP contribution in [0.2, 0.25) is 0 Å². The van der Waals surface area contributed by atoms with E-state index in [1.54, 1.807) is 11.3 Å². The molecule has 3 atom stereocenters. The second kappa shape index (κ2) is 7.47. The molecular formula is C17H28N2O2S. The fourth-order valence-corrected chi connectivity index (χ4v) is 3.64. The van der Waals surface area contributed by atoms with Gasteiger partial charge in [0.05, 0.1) is 0 Å². The first kappa shape index (κ1) is 17.3. The summed E-state index contributed by atoms with van der Waals surface area (Å²) < 4.78 is 5.32. The van der Waals surface area contributed by atoms with Gasteiger partial charge in [-0.05, 0) is 75.8 Å². The van der Waals surface area contributed by atoms with Gasteiger partial charge >= 0.3 is 6.09 Å². The van der Waals surface area contributed by atoms with Crippen LogP contribution in [0.5, 0.6) is 0 Å². The molecule has 0 radical (unpaired) electrons. The molecular weight excluding hydrogens is 296 g/mol. The molecule has 0 bridgehead atoms. The van der Waals surface area contributed by atoms with Gasteiger partial charge in [0.25, 0.3) is 0 Å². The number of ether oxygens (including phenoxy) is 1. The van der Waals surface area contributed by atoms with Gasteiger partial charge in [-0.15, -0.1) is 0 Å². The molecule has 1 fully saturated rings. The van der Waals surface area contributed by atoms with Crippen LogP contribution in [0.1, 0.15) is 52.5 Å². The third kappa shape index (κ3) is 5.97. The SMILES string of the molecule is CC(Cc1ccsc1)NC1CCC(NC(=O)OC(C)(C)C)C1. The van der Waals surface area contributed by atoms with Crippen molar-refractivity contribution in [2.24, 2.45) is 0 Å². The van der Waals surface area contributed by atoms with Gasteiger partial charge in [0.2, 0.25) is 0 Å². The highest BCUT2D eigenvalue weighted by atomic mass is 32.1. The van der Waals surface area contributed by atoms with Crippen molar-refractivity contribution < 1.29 is 9.53 Å². The Morgan fingerprint density at radius 1 is 1.41 bits per heavy atom. The Balaban J connectivity index is 1.70. The summed E-state index contributed by atoms with van der Waals surface area (Å²) in [5.41, 5.74) is 0.960. The Bertz CT molecular complexity index is 468. The molecule has 4 nitrogen and oxygen atoms in total. The highest BCUT2D eigenvalue weighted by Crippen LogP contribution is 2.21. The molecule has 1 heterocycles. The van der Waals surface area contributed by atoms with E-state index in [1.807, 2.05) is 20.8 Å². The summed E-state index contributed by atoms with van der Waals surface area (Å²) in [4.78, 5) is 11.8. The third-order valence-electron chi connectivity index (χ3n) is 3.80. The number of amides is 1. The van der Waals surface area contributed by atoms with Crippen molar-refractivity contribution in [3.05, 3.63) is 22.4 Å². The quantitative estimate of drug-likeness (QED) is 0.868. The molecule has 2 rings (SSSR count). The number of rotatable bonds is 5. The summed E-state index contributed by atoms with van der Waals surface area (Å²) >= 11 is 1.75. The number of alkyl carbamates (subject to hydrolysis) is 1. The molecule has 1 aromatic rings. The van der Waals surface area contributed by atoms with Crippen LogP contribution < -0.4 is 10.6 Å². The van der Waals surface area contributed by atoms with E-state index in [0.717, 1.165) is 25.7 Å². The zero-order valence-electron chi connectivity index (χ0n) is 14.0. The van der Waals surface area contributed by atoms with E-state index in [-0.39, 0.29) is 12.1 Å². The largest absolute Gasteiger partial charge is 0.444 e. The number of thiophene rings is 1. The van der Waals surface area contributed by atoms with Crippen molar-refractivity contribution in [1.82, 2.24) is 10.6 Å². The van der Waals surface area contributed by atoms with Crippen LogP contribution in [0.25, 0.3) is 0 Å². The first-order valence-corrected chi connectivity index (χ1v) is 9.03. The van der Waals surface area contributed by atoms with Crippen molar-refractivity contribution in [2.75, 3.05) is 0 Å². The summed E-state index contributed by atoms with van der Waals surface area (Å²) in [7, 11) is 0. The molecule has 3 unspecified atom stereocenters. The zero-order valence-corrected chi connectivity index (χ0v) is 14.8. The molecule has 1 aliphatic rings. The molecule has 0 aromatic carbocycles. The van der Waals surface area contributed by atoms with Crippen molar-refractivity contribution in [3.8, 4) is 0 Å². The van der Waals surface area contributed by atoms with Gasteiger partial charge in [-0.25, -0.2) is 4.79 Å². The molecule has 0 spiro atoms. The normalized spacial score (nSPS) is 23.3. The second-order valence-corrected chi connectivity index (χ2v) is 8.04. The average Bonchev–Trinajstić information content (AvgIpc) is 2.98. The lowest BCUT2D eigenvalue weighted by atomic mass is 10.1. The van der Waals surface area contributed by atoms with Gasteiger partial charge in [0.1, 0.15) is 5.60 Å². The van der Waals surface area contributed by atoms with Crippen LogP contribution >= 0.6 is 11.3 Å². The summed E-state index contributed by atoms with van der Waals surface area (Å²) in [6, 6.07) is 3.35. The van der Waals surface area contributed by atoms with E-state index in [9.17, 15) is 4.79 Å². The molecule has 0 saturated heterocycles. The Kier molecular flexibility index (Phi) is 5.87. The molecule has 1 saturated carbocycles. The van der Waals surface area contributed by atoms with E-state index in [2.05, 4.69) is 34.4 Å². The Morgan fingerprint density at radius 3 is 2.77 bits per heavy atom. The minimum atomic E-state index is -0.435. The Labute approximate surface area is 137 Å². The van der Waals surface area contributed by atoms with Gasteiger partial charge in [-0.3, -0.25) is 0 Å². The number of nitrogens with one attached hydrogen (secondary N) is 2. The molecule has 0 aliphatic heterocycles. The fourth-order valence-electron chi connectivity index (χ4n) is 2.96. The van der Waals surface area contributed by atoms with Crippen molar-refractivity contribution >= 4 is 17.4 Å².